The molecule has 0 bridgehead atoms. The van der Waals surface area contributed by atoms with Crippen LogP contribution in [0.1, 0.15) is 60.8 Å². The first-order chi connectivity index (χ1) is 16.1. The highest BCUT2D eigenvalue weighted by Gasteiger charge is 2.58. The molecule has 0 rings (SSSR count). The topological polar surface area (TPSA) is 114 Å². The van der Waals surface area contributed by atoms with Gasteiger partial charge in [-0.1, -0.05) is 13.8 Å². The molecule has 0 heterocycles. The van der Waals surface area contributed by atoms with Crippen molar-refractivity contribution in [3.8, 4) is 0 Å². The lowest BCUT2D eigenvalue weighted by Gasteiger charge is -2.29. The van der Waals surface area contributed by atoms with E-state index in [1.54, 1.807) is 34.6 Å². The van der Waals surface area contributed by atoms with Crippen LogP contribution in [0.3, 0.4) is 0 Å². The third-order valence-corrected chi connectivity index (χ3v) is 4.83. The molecular weight excluding hydrogens is 502 g/mol. The number of rotatable bonds is 13. The van der Waals surface area contributed by atoms with E-state index in [2.05, 4.69) is 15.4 Å². The highest BCUT2D eigenvalue weighted by atomic mass is 19.4. The Balaban J connectivity index is 5.42. The molecule has 3 atom stereocenters. The Morgan fingerprint density at radius 2 is 1.50 bits per heavy atom. The molecule has 0 aromatic carbocycles. The molecule has 2 amide bonds. The van der Waals surface area contributed by atoms with E-state index in [9.17, 15) is 45.8 Å². The number of hydrogen-bond donors (Lipinski definition) is 3. The van der Waals surface area contributed by atoms with Crippen molar-refractivity contribution in [2.75, 3.05) is 13.2 Å². The predicted molar refractivity (Wildman–Crippen MR) is 117 cm³/mol. The van der Waals surface area contributed by atoms with Crippen molar-refractivity contribution >= 4 is 17.8 Å². The van der Waals surface area contributed by atoms with Crippen LogP contribution < -0.4 is 10.6 Å². The lowest BCUT2D eigenvalue weighted by Crippen LogP contribution is -2.51. The van der Waals surface area contributed by atoms with Crippen molar-refractivity contribution in [1.82, 2.24) is 10.6 Å². The summed E-state index contributed by atoms with van der Waals surface area (Å²) >= 11 is 0. The minimum absolute atomic E-state index is 0.0242. The molecular formula is C22H36F6N2O6. The average Bonchev–Trinajstić information content (AvgIpc) is 2.64. The standard InChI is InChI=1S/C22H36F6N2O6/c1-12(2)14(10-13(3)31)17(33)30-15(8-7-9-29-19(34)36-20(4,5)6)16(32)11-35-18(21(23,24)25)22(26,27)28/h12,14-16,18,32H,7-11H2,1-6H3,(H,29,34)(H,30,33)/t14-,15-,16?/m0/s1. The van der Waals surface area contributed by atoms with Gasteiger partial charge in [0.25, 0.3) is 0 Å². The minimum Gasteiger partial charge on any atom is -0.444 e. The van der Waals surface area contributed by atoms with Gasteiger partial charge in [0.1, 0.15) is 11.4 Å². The maximum Gasteiger partial charge on any atom is 0.423 e. The molecule has 0 aliphatic rings. The number of carbonyl (C=O) groups is 3. The van der Waals surface area contributed by atoms with Gasteiger partial charge in [0.15, 0.2) is 0 Å². The van der Waals surface area contributed by atoms with Crippen LogP contribution in [0.25, 0.3) is 0 Å². The second-order valence-corrected chi connectivity index (χ2v) is 9.81. The lowest BCUT2D eigenvalue weighted by molar-refractivity contribution is -0.325. The van der Waals surface area contributed by atoms with Crippen LogP contribution in [0.15, 0.2) is 0 Å². The summed E-state index contributed by atoms with van der Waals surface area (Å²) < 4.78 is 85.5. The fourth-order valence-corrected chi connectivity index (χ4v) is 3.10. The normalized spacial score (nSPS) is 15.4. The number of hydrogen-bond acceptors (Lipinski definition) is 6. The third-order valence-electron chi connectivity index (χ3n) is 4.83. The zero-order valence-corrected chi connectivity index (χ0v) is 21.2. The Bertz CT molecular complexity index is 707. The Hall–Kier alpha value is -2.09. The van der Waals surface area contributed by atoms with E-state index in [0.717, 1.165) is 0 Å². The summed E-state index contributed by atoms with van der Waals surface area (Å²) in [6.07, 6.45) is -18.6. The molecule has 0 aromatic heterocycles. The van der Waals surface area contributed by atoms with Gasteiger partial charge in [0, 0.05) is 18.9 Å². The van der Waals surface area contributed by atoms with E-state index in [1.807, 2.05) is 0 Å². The highest BCUT2D eigenvalue weighted by Crippen LogP contribution is 2.35. The van der Waals surface area contributed by atoms with Crippen molar-refractivity contribution in [3.05, 3.63) is 0 Å². The van der Waals surface area contributed by atoms with Crippen LogP contribution in [0.2, 0.25) is 0 Å². The van der Waals surface area contributed by atoms with Crippen LogP contribution in [0.5, 0.6) is 0 Å². The van der Waals surface area contributed by atoms with Crippen LogP contribution in [0, 0.1) is 11.8 Å². The van der Waals surface area contributed by atoms with E-state index >= 15 is 0 Å². The summed E-state index contributed by atoms with van der Waals surface area (Å²) in [7, 11) is 0. The van der Waals surface area contributed by atoms with Gasteiger partial charge < -0.3 is 30.0 Å². The molecule has 14 heteroatoms. The Labute approximate surface area is 206 Å². The number of aliphatic hydroxyl groups is 1. The van der Waals surface area contributed by atoms with Crippen LogP contribution in [-0.4, -0.2) is 72.2 Å². The number of aliphatic hydroxyl groups excluding tert-OH is 1. The fraction of sp³-hybridized carbons (Fsp3) is 0.864. The maximum absolute atomic E-state index is 12.8. The molecule has 0 fully saturated rings. The third kappa shape index (κ3) is 13.9. The lowest BCUT2D eigenvalue weighted by atomic mass is 9.89. The summed E-state index contributed by atoms with van der Waals surface area (Å²) in [5, 5.41) is 15.2. The fourth-order valence-electron chi connectivity index (χ4n) is 3.10. The summed E-state index contributed by atoms with van der Waals surface area (Å²) in [5.74, 6) is -2.16. The highest BCUT2D eigenvalue weighted by molar-refractivity contribution is 5.86. The van der Waals surface area contributed by atoms with Gasteiger partial charge >= 0.3 is 18.4 Å². The zero-order valence-electron chi connectivity index (χ0n) is 21.2. The van der Waals surface area contributed by atoms with Crippen molar-refractivity contribution in [1.29, 1.82) is 0 Å². The van der Waals surface area contributed by atoms with Crippen LogP contribution in [-0.2, 0) is 19.1 Å². The van der Waals surface area contributed by atoms with Crippen LogP contribution in [0.4, 0.5) is 31.1 Å². The van der Waals surface area contributed by atoms with Gasteiger partial charge in [-0.2, -0.15) is 26.3 Å². The molecule has 0 aromatic rings. The first-order valence-corrected chi connectivity index (χ1v) is 11.3. The van der Waals surface area contributed by atoms with Gasteiger partial charge in [0.05, 0.1) is 18.8 Å². The minimum atomic E-state index is -5.77. The number of ether oxygens (including phenoxy) is 2. The van der Waals surface area contributed by atoms with E-state index < -0.39 is 60.7 Å². The molecule has 0 radical (unpaired) electrons. The smallest absolute Gasteiger partial charge is 0.423 e. The molecule has 212 valence electrons. The van der Waals surface area contributed by atoms with Gasteiger partial charge in [-0.05, 0) is 46.5 Å². The summed E-state index contributed by atoms with van der Waals surface area (Å²) in [6.45, 7) is 8.07. The van der Waals surface area contributed by atoms with E-state index in [4.69, 9.17) is 4.74 Å². The summed E-state index contributed by atoms with van der Waals surface area (Å²) in [6, 6.07) is -1.33. The Morgan fingerprint density at radius 3 is 1.92 bits per heavy atom. The summed E-state index contributed by atoms with van der Waals surface area (Å²) in [4.78, 5) is 36.0. The Kier molecular flexibility index (Phi) is 13.2. The molecule has 8 nitrogen and oxygen atoms in total. The van der Waals surface area contributed by atoms with Crippen molar-refractivity contribution < 1.29 is 55.3 Å². The number of Topliss-reactive ketones (excluding diaryl/α,β-unsaturated/α-hetero) is 1. The van der Waals surface area contributed by atoms with Crippen LogP contribution >= 0.6 is 0 Å². The number of amides is 2. The summed E-state index contributed by atoms with van der Waals surface area (Å²) in [5.41, 5.74) is -0.774. The second-order valence-electron chi connectivity index (χ2n) is 9.81. The van der Waals surface area contributed by atoms with E-state index in [1.165, 1.54) is 6.92 Å². The first kappa shape index (κ1) is 33.9. The van der Waals surface area contributed by atoms with Gasteiger partial charge in [-0.25, -0.2) is 4.79 Å². The number of alkyl halides is 6. The number of alkyl carbamates (subject to hydrolysis) is 1. The van der Waals surface area contributed by atoms with Gasteiger partial charge in [0.2, 0.25) is 12.0 Å². The quantitative estimate of drug-likeness (QED) is 0.242. The SMILES string of the molecule is CC(=O)C[C@H](C(=O)N[C@@H](CCCNC(=O)OC(C)(C)C)C(O)COC(C(F)(F)F)C(F)(F)F)C(C)C. The number of carbonyl (C=O) groups excluding carboxylic acids is 3. The van der Waals surface area contributed by atoms with Crippen molar-refractivity contribution in [3.63, 3.8) is 0 Å². The molecule has 36 heavy (non-hydrogen) atoms. The molecule has 0 saturated carbocycles. The van der Waals surface area contributed by atoms with Crippen molar-refractivity contribution in [2.24, 2.45) is 11.8 Å². The maximum atomic E-state index is 12.8. The largest absolute Gasteiger partial charge is 0.444 e. The Morgan fingerprint density at radius 1 is 0.972 bits per heavy atom. The molecule has 0 aliphatic carbocycles. The number of halogens is 6. The first-order valence-electron chi connectivity index (χ1n) is 11.3. The molecule has 0 saturated heterocycles. The molecule has 1 unspecified atom stereocenters. The van der Waals surface area contributed by atoms with Crippen molar-refractivity contribution in [2.45, 2.75) is 97.0 Å². The molecule has 3 N–H and O–H groups in total. The molecule has 0 aliphatic heterocycles. The number of ketones is 1. The zero-order chi connectivity index (χ0) is 28.5. The predicted octanol–water partition coefficient (Wildman–Crippen LogP) is 3.90. The van der Waals surface area contributed by atoms with Gasteiger partial charge in [-0.3, -0.25) is 4.79 Å². The van der Waals surface area contributed by atoms with E-state index in [-0.39, 0.29) is 37.5 Å². The van der Waals surface area contributed by atoms with E-state index in [0.29, 0.717) is 0 Å². The molecule has 0 spiro atoms. The number of nitrogens with one attached hydrogen (secondary N) is 2. The van der Waals surface area contributed by atoms with Gasteiger partial charge in [-0.15, -0.1) is 0 Å². The second kappa shape index (κ2) is 14.0. The average molecular weight is 539 g/mol. The monoisotopic (exact) mass is 538 g/mol.